The Labute approximate surface area is 190 Å². The topological polar surface area (TPSA) is 126 Å². The number of imide groups is 1. The lowest BCUT2D eigenvalue weighted by Crippen LogP contribution is -2.54. The van der Waals surface area contributed by atoms with E-state index in [1.54, 1.807) is 25.8 Å². The van der Waals surface area contributed by atoms with Gasteiger partial charge >= 0.3 is 18.3 Å². The highest BCUT2D eigenvalue weighted by atomic mass is 16.7. The van der Waals surface area contributed by atoms with E-state index < -0.39 is 46.4 Å². The fraction of sp³-hybridized carbons (Fsp3) is 0.773. The SMILES string of the molecule is CC(C)(C)OC(=O)OCC(C)(C)C1C(C(C)(C)C)=C(N(C(=O)O)C(=O)O)ON1C(C)(C)C. The van der Waals surface area contributed by atoms with Gasteiger partial charge in [0, 0.05) is 16.5 Å². The molecule has 1 aliphatic heterocycles. The Hall–Kier alpha value is -2.49. The molecule has 1 atom stereocenters. The van der Waals surface area contributed by atoms with E-state index in [0.717, 1.165) is 0 Å². The summed E-state index contributed by atoms with van der Waals surface area (Å²) in [6.07, 6.45) is -4.18. The zero-order valence-corrected chi connectivity index (χ0v) is 21.0. The summed E-state index contributed by atoms with van der Waals surface area (Å²) in [7, 11) is 0. The van der Waals surface area contributed by atoms with Crippen LogP contribution < -0.4 is 0 Å². The molecule has 2 amide bonds. The predicted octanol–water partition coefficient (Wildman–Crippen LogP) is 5.29. The highest BCUT2D eigenvalue weighted by Gasteiger charge is 2.54. The van der Waals surface area contributed by atoms with Crippen molar-refractivity contribution in [3.05, 3.63) is 11.5 Å². The minimum absolute atomic E-state index is 0.0739. The maximum Gasteiger partial charge on any atom is 0.508 e. The first kappa shape index (κ1) is 27.5. The van der Waals surface area contributed by atoms with Gasteiger partial charge in [-0.15, -0.1) is 9.96 Å². The highest BCUT2D eigenvalue weighted by molar-refractivity contribution is 5.88. The lowest BCUT2D eigenvalue weighted by atomic mass is 9.71. The summed E-state index contributed by atoms with van der Waals surface area (Å²) in [5.41, 5.74) is -2.38. The van der Waals surface area contributed by atoms with Gasteiger partial charge in [0.25, 0.3) is 0 Å². The third-order valence-corrected chi connectivity index (χ3v) is 4.67. The van der Waals surface area contributed by atoms with Crippen LogP contribution in [0.2, 0.25) is 0 Å². The first-order valence-electron chi connectivity index (χ1n) is 10.4. The van der Waals surface area contributed by atoms with Gasteiger partial charge in [0.05, 0.1) is 6.04 Å². The Morgan fingerprint density at radius 3 is 1.75 bits per heavy atom. The van der Waals surface area contributed by atoms with E-state index in [1.165, 1.54) is 0 Å². The second kappa shape index (κ2) is 8.80. The van der Waals surface area contributed by atoms with E-state index >= 15 is 0 Å². The lowest BCUT2D eigenvalue weighted by molar-refractivity contribution is -0.209. The smallest absolute Gasteiger partial charge is 0.464 e. The van der Waals surface area contributed by atoms with E-state index in [4.69, 9.17) is 14.3 Å². The van der Waals surface area contributed by atoms with Crippen LogP contribution in [0.5, 0.6) is 0 Å². The van der Waals surface area contributed by atoms with Crippen molar-refractivity contribution < 1.29 is 38.9 Å². The van der Waals surface area contributed by atoms with Crippen LogP contribution in [-0.4, -0.2) is 62.3 Å². The fourth-order valence-electron chi connectivity index (χ4n) is 3.41. The fourth-order valence-corrected chi connectivity index (χ4v) is 3.41. The van der Waals surface area contributed by atoms with Crippen LogP contribution in [0.3, 0.4) is 0 Å². The van der Waals surface area contributed by atoms with Crippen LogP contribution in [0, 0.1) is 10.8 Å². The van der Waals surface area contributed by atoms with E-state index in [9.17, 15) is 24.6 Å². The van der Waals surface area contributed by atoms with Gasteiger partial charge in [-0.2, -0.15) is 0 Å². The molecule has 1 unspecified atom stereocenters. The van der Waals surface area contributed by atoms with Crippen molar-refractivity contribution in [3.63, 3.8) is 0 Å². The van der Waals surface area contributed by atoms with Crippen LogP contribution >= 0.6 is 0 Å². The number of hydroxylamine groups is 2. The molecule has 0 saturated carbocycles. The van der Waals surface area contributed by atoms with Gasteiger partial charge in [-0.25, -0.2) is 14.4 Å². The molecule has 10 nitrogen and oxygen atoms in total. The summed E-state index contributed by atoms with van der Waals surface area (Å²) in [4.78, 5) is 41.9. The Kier molecular flexibility index (Phi) is 7.58. The molecule has 1 rings (SSSR count). The zero-order chi connectivity index (χ0) is 25.4. The number of carbonyl (C=O) groups excluding carboxylic acids is 1. The van der Waals surface area contributed by atoms with Gasteiger partial charge in [0.1, 0.15) is 12.2 Å². The summed E-state index contributed by atoms with van der Waals surface area (Å²) in [6.45, 7) is 19.9. The third kappa shape index (κ3) is 6.51. The number of hydrogen-bond donors (Lipinski definition) is 2. The van der Waals surface area contributed by atoms with Crippen molar-refractivity contribution in [1.29, 1.82) is 0 Å². The first-order valence-corrected chi connectivity index (χ1v) is 10.4. The molecule has 0 bridgehead atoms. The summed E-state index contributed by atoms with van der Waals surface area (Å²) < 4.78 is 10.6. The summed E-state index contributed by atoms with van der Waals surface area (Å²) >= 11 is 0. The van der Waals surface area contributed by atoms with Crippen LogP contribution in [-0.2, 0) is 14.3 Å². The zero-order valence-electron chi connectivity index (χ0n) is 21.0. The Balaban J connectivity index is 3.56. The number of carboxylic acid groups (broad SMARTS) is 2. The Morgan fingerprint density at radius 1 is 0.938 bits per heavy atom. The first-order chi connectivity index (χ1) is 14.1. The molecular formula is C22H38N2O8. The van der Waals surface area contributed by atoms with Crippen molar-refractivity contribution in [1.82, 2.24) is 9.96 Å². The molecule has 0 aromatic heterocycles. The van der Waals surface area contributed by atoms with E-state index in [2.05, 4.69) is 0 Å². The van der Waals surface area contributed by atoms with Crippen molar-refractivity contribution in [2.24, 2.45) is 10.8 Å². The highest BCUT2D eigenvalue weighted by Crippen LogP contribution is 2.49. The quantitative estimate of drug-likeness (QED) is 0.540. The second-order valence-electron chi connectivity index (χ2n) is 11.6. The summed E-state index contributed by atoms with van der Waals surface area (Å²) in [6, 6.07) is -0.610. The summed E-state index contributed by atoms with van der Waals surface area (Å²) in [5, 5.41) is 20.7. The molecular weight excluding hydrogens is 420 g/mol. The molecule has 0 radical (unpaired) electrons. The molecule has 10 heteroatoms. The van der Waals surface area contributed by atoms with Crippen molar-refractivity contribution in [2.45, 2.75) is 93.3 Å². The van der Waals surface area contributed by atoms with Gasteiger partial charge in [0.15, 0.2) is 0 Å². The average molecular weight is 459 g/mol. The van der Waals surface area contributed by atoms with Crippen molar-refractivity contribution in [2.75, 3.05) is 6.61 Å². The largest absolute Gasteiger partial charge is 0.508 e. The number of carbonyl (C=O) groups is 3. The monoisotopic (exact) mass is 458 g/mol. The lowest BCUT2D eigenvalue weighted by Gasteiger charge is -2.44. The number of amides is 2. The van der Waals surface area contributed by atoms with E-state index in [1.807, 2.05) is 55.4 Å². The van der Waals surface area contributed by atoms with E-state index in [0.29, 0.717) is 5.57 Å². The van der Waals surface area contributed by atoms with Crippen LogP contribution in [0.4, 0.5) is 14.4 Å². The molecule has 1 heterocycles. The maximum absolute atomic E-state index is 12.2. The number of rotatable bonds is 4. The summed E-state index contributed by atoms with van der Waals surface area (Å²) in [5.74, 6) is -0.275. The molecule has 0 aliphatic carbocycles. The van der Waals surface area contributed by atoms with Crippen LogP contribution in [0.1, 0.15) is 76.2 Å². The molecule has 0 aromatic rings. The molecule has 0 saturated heterocycles. The van der Waals surface area contributed by atoms with Crippen molar-refractivity contribution in [3.8, 4) is 0 Å². The van der Waals surface area contributed by atoms with Gasteiger partial charge in [-0.3, -0.25) is 0 Å². The average Bonchev–Trinajstić information content (AvgIpc) is 2.92. The van der Waals surface area contributed by atoms with Gasteiger partial charge in [-0.1, -0.05) is 34.6 Å². The number of ether oxygens (including phenoxy) is 2. The molecule has 184 valence electrons. The van der Waals surface area contributed by atoms with Gasteiger partial charge < -0.3 is 24.5 Å². The number of hydrogen-bond acceptors (Lipinski definition) is 7. The Bertz CT molecular complexity index is 767. The van der Waals surface area contributed by atoms with Crippen LogP contribution in [0.25, 0.3) is 0 Å². The molecule has 0 spiro atoms. The van der Waals surface area contributed by atoms with Crippen LogP contribution in [0.15, 0.2) is 11.5 Å². The molecule has 1 aliphatic rings. The Morgan fingerprint density at radius 2 is 1.41 bits per heavy atom. The maximum atomic E-state index is 12.2. The third-order valence-electron chi connectivity index (χ3n) is 4.67. The minimum Gasteiger partial charge on any atom is -0.464 e. The standard InChI is InChI=1S/C22H38N2O8/c1-19(2,3)13-14(22(10,11)12-30-18(29)31-21(7,8)9)24(20(4,5)6)32-15(13)23(16(25)26)17(27)28/h14H,12H2,1-11H3,(H,25,26)(H,27,28). The van der Waals surface area contributed by atoms with Gasteiger partial charge in [-0.05, 0) is 47.0 Å². The van der Waals surface area contributed by atoms with Gasteiger partial charge in [0.2, 0.25) is 5.88 Å². The molecule has 2 N–H and O–H groups in total. The van der Waals surface area contributed by atoms with Crippen molar-refractivity contribution >= 4 is 18.3 Å². The molecule has 32 heavy (non-hydrogen) atoms. The second-order valence-corrected chi connectivity index (χ2v) is 11.6. The predicted molar refractivity (Wildman–Crippen MR) is 117 cm³/mol. The molecule has 0 fully saturated rings. The minimum atomic E-state index is -1.67. The normalized spacial score (nSPS) is 18.3. The number of nitrogens with zero attached hydrogens (tertiary/aromatic N) is 2. The van der Waals surface area contributed by atoms with E-state index in [-0.39, 0.29) is 17.4 Å². The molecule has 0 aromatic carbocycles.